The minimum Gasteiger partial charge on any atom is -0.457 e. The fourth-order valence-corrected chi connectivity index (χ4v) is 3.57. The van der Waals surface area contributed by atoms with Crippen molar-refractivity contribution >= 4 is 23.4 Å². The van der Waals surface area contributed by atoms with Gasteiger partial charge in [-0.2, -0.15) is 0 Å². The van der Waals surface area contributed by atoms with Gasteiger partial charge < -0.3 is 14.6 Å². The van der Waals surface area contributed by atoms with E-state index >= 15 is 0 Å². The number of carbonyl (C=O) groups is 1. The monoisotopic (exact) mass is 431 g/mol. The van der Waals surface area contributed by atoms with E-state index in [0.717, 1.165) is 11.3 Å². The van der Waals surface area contributed by atoms with Gasteiger partial charge in [0.15, 0.2) is 11.0 Å². The topological polar surface area (TPSA) is 81.9 Å². The quantitative estimate of drug-likeness (QED) is 0.427. The lowest BCUT2D eigenvalue weighted by molar-refractivity contribution is -0.113. The molecule has 2 aromatic heterocycles. The van der Waals surface area contributed by atoms with Gasteiger partial charge in [-0.1, -0.05) is 29.5 Å². The van der Waals surface area contributed by atoms with Crippen LogP contribution in [0.3, 0.4) is 0 Å². The van der Waals surface area contributed by atoms with Gasteiger partial charge in [-0.3, -0.25) is 9.78 Å². The van der Waals surface area contributed by atoms with E-state index in [9.17, 15) is 4.79 Å². The highest BCUT2D eigenvalue weighted by Gasteiger charge is 2.13. The van der Waals surface area contributed by atoms with Gasteiger partial charge in [0, 0.05) is 30.7 Å². The fraction of sp³-hybridized carbons (Fsp3) is 0.130. The Morgan fingerprint density at radius 3 is 2.42 bits per heavy atom. The second-order valence-electron chi connectivity index (χ2n) is 6.88. The highest BCUT2D eigenvalue weighted by Crippen LogP contribution is 2.24. The third kappa shape index (κ3) is 5.29. The van der Waals surface area contributed by atoms with Crippen LogP contribution in [-0.4, -0.2) is 31.4 Å². The highest BCUT2D eigenvalue weighted by atomic mass is 32.2. The summed E-state index contributed by atoms with van der Waals surface area (Å²) in [5.41, 5.74) is 2.76. The Bertz CT molecular complexity index is 1160. The Morgan fingerprint density at radius 2 is 1.74 bits per heavy atom. The second-order valence-corrected chi connectivity index (χ2v) is 7.83. The summed E-state index contributed by atoms with van der Waals surface area (Å²) in [6.45, 7) is 2.03. The van der Waals surface area contributed by atoms with Crippen LogP contribution in [0.2, 0.25) is 0 Å². The van der Waals surface area contributed by atoms with Crippen LogP contribution in [0.15, 0.2) is 78.2 Å². The van der Waals surface area contributed by atoms with E-state index in [4.69, 9.17) is 4.74 Å². The van der Waals surface area contributed by atoms with Crippen molar-refractivity contribution in [1.29, 1.82) is 0 Å². The number of carbonyl (C=O) groups excluding carboxylic acids is 1. The van der Waals surface area contributed by atoms with E-state index in [-0.39, 0.29) is 11.7 Å². The van der Waals surface area contributed by atoms with Gasteiger partial charge in [0.25, 0.3) is 0 Å². The molecular formula is C23H21N5O2S. The third-order valence-corrected chi connectivity index (χ3v) is 5.50. The molecule has 0 spiro atoms. The zero-order valence-electron chi connectivity index (χ0n) is 17.1. The van der Waals surface area contributed by atoms with Crippen LogP contribution in [0.5, 0.6) is 11.5 Å². The lowest BCUT2D eigenvalue weighted by Gasteiger charge is -2.08. The van der Waals surface area contributed by atoms with Crippen LogP contribution in [0.1, 0.15) is 5.56 Å². The smallest absolute Gasteiger partial charge is 0.234 e. The molecule has 0 fully saturated rings. The van der Waals surface area contributed by atoms with Crippen molar-refractivity contribution in [3.8, 4) is 22.9 Å². The summed E-state index contributed by atoms with van der Waals surface area (Å²) < 4.78 is 7.66. The van der Waals surface area contributed by atoms with Gasteiger partial charge in [-0.15, -0.1) is 10.2 Å². The molecule has 156 valence electrons. The average Bonchev–Trinajstić information content (AvgIpc) is 3.16. The number of anilines is 1. The number of aromatic nitrogens is 4. The molecule has 8 heteroatoms. The van der Waals surface area contributed by atoms with Crippen molar-refractivity contribution in [1.82, 2.24) is 19.7 Å². The zero-order chi connectivity index (χ0) is 21.6. The fourth-order valence-electron chi connectivity index (χ4n) is 2.86. The number of nitrogens with one attached hydrogen (secondary N) is 1. The van der Waals surface area contributed by atoms with Gasteiger partial charge in [-0.05, 0) is 55.5 Å². The first-order valence-electron chi connectivity index (χ1n) is 9.65. The van der Waals surface area contributed by atoms with Gasteiger partial charge in [-0.25, -0.2) is 0 Å². The van der Waals surface area contributed by atoms with E-state index in [2.05, 4.69) is 20.5 Å². The number of benzene rings is 2. The predicted octanol–water partition coefficient (Wildman–Crippen LogP) is 4.71. The lowest BCUT2D eigenvalue weighted by Crippen LogP contribution is -2.14. The summed E-state index contributed by atoms with van der Waals surface area (Å²) in [4.78, 5) is 16.5. The number of rotatable bonds is 7. The first kappa shape index (κ1) is 20.6. The van der Waals surface area contributed by atoms with Crippen molar-refractivity contribution in [2.75, 3.05) is 11.1 Å². The van der Waals surface area contributed by atoms with Crippen molar-refractivity contribution < 1.29 is 9.53 Å². The highest BCUT2D eigenvalue weighted by molar-refractivity contribution is 7.99. The molecule has 4 aromatic rings. The molecule has 0 saturated carbocycles. The Hall–Kier alpha value is -3.65. The normalized spacial score (nSPS) is 10.6. The summed E-state index contributed by atoms with van der Waals surface area (Å²) in [6, 6.07) is 18.9. The van der Waals surface area contributed by atoms with E-state index in [1.807, 2.05) is 79.2 Å². The molecule has 7 nitrogen and oxygen atoms in total. The largest absolute Gasteiger partial charge is 0.457 e. The maximum Gasteiger partial charge on any atom is 0.234 e. The Kier molecular flexibility index (Phi) is 6.28. The van der Waals surface area contributed by atoms with Gasteiger partial charge in [0.2, 0.25) is 5.91 Å². The van der Waals surface area contributed by atoms with Crippen molar-refractivity contribution in [3.63, 3.8) is 0 Å². The van der Waals surface area contributed by atoms with E-state index in [0.29, 0.717) is 22.4 Å². The summed E-state index contributed by atoms with van der Waals surface area (Å²) in [7, 11) is 1.87. The van der Waals surface area contributed by atoms with E-state index in [1.54, 1.807) is 12.4 Å². The molecule has 0 aliphatic carbocycles. The van der Waals surface area contributed by atoms with Gasteiger partial charge in [0.05, 0.1) is 5.75 Å². The van der Waals surface area contributed by atoms with Crippen molar-refractivity contribution in [2.24, 2.45) is 7.05 Å². The summed E-state index contributed by atoms with van der Waals surface area (Å²) in [6.07, 6.45) is 3.44. The molecule has 0 saturated heterocycles. The number of thioether (sulfide) groups is 1. The van der Waals surface area contributed by atoms with Crippen LogP contribution < -0.4 is 10.1 Å². The van der Waals surface area contributed by atoms with Crippen molar-refractivity contribution in [2.45, 2.75) is 12.1 Å². The van der Waals surface area contributed by atoms with Gasteiger partial charge in [0.1, 0.15) is 11.5 Å². The Balaban J connectivity index is 1.31. The maximum atomic E-state index is 12.4. The lowest BCUT2D eigenvalue weighted by atomic mass is 10.2. The Labute approximate surface area is 184 Å². The number of aryl methyl sites for hydroxylation is 1. The molecular weight excluding hydrogens is 410 g/mol. The minimum atomic E-state index is -0.122. The van der Waals surface area contributed by atoms with Crippen LogP contribution in [0, 0.1) is 6.92 Å². The second kappa shape index (κ2) is 9.44. The van der Waals surface area contributed by atoms with Crippen LogP contribution >= 0.6 is 11.8 Å². The van der Waals surface area contributed by atoms with Gasteiger partial charge >= 0.3 is 0 Å². The first-order valence-corrected chi connectivity index (χ1v) is 10.6. The number of pyridine rings is 1. The number of amides is 1. The Morgan fingerprint density at radius 1 is 1.03 bits per heavy atom. The molecule has 0 radical (unpaired) electrons. The average molecular weight is 432 g/mol. The summed E-state index contributed by atoms with van der Waals surface area (Å²) in [5.74, 6) is 2.29. The molecule has 31 heavy (non-hydrogen) atoms. The first-order chi connectivity index (χ1) is 15.1. The number of ether oxygens (including phenoxy) is 1. The zero-order valence-corrected chi connectivity index (χ0v) is 18.0. The van der Waals surface area contributed by atoms with E-state index < -0.39 is 0 Å². The molecule has 2 aromatic carbocycles. The molecule has 2 heterocycles. The summed E-state index contributed by atoms with van der Waals surface area (Å²) in [5, 5.41) is 11.9. The predicted molar refractivity (Wildman–Crippen MR) is 121 cm³/mol. The molecule has 4 rings (SSSR count). The molecule has 0 aliphatic rings. The molecule has 0 bridgehead atoms. The molecule has 0 unspecified atom stereocenters. The standard InChI is InChI=1S/C23H21N5O2S/c1-16-5-9-19(10-6-16)30-20-11-7-18(8-12-20)25-21(29)15-31-23-27-26-22(28(23)2)17-4-3-13-24-14-17/h3-14H,15H2,1-2H3,(H,25,29). The third-order valence-electron chi connectivity index (χ3n) is 4.48. The minimum absolute atomic E-state index is 0.122. The van der Waals surface area contributed by atoms with E-state index in [1.165, 1.54) is 17.3 Å². The van der Waals surface area contributed by atoms with Crippen LogP contribution in [-0.2, 0) is 11.8 Å². The van der Waals surface area contributed by atoms with Crippen LogP contribution in [0.25, 0.3) is 11.4 Å². The molecule has 0 atom stereocenters. The molecule has 0 aliphatic heterocycles. The SMILES string of the molecule is Cc1ccc(Oc2ccc(NC(=O)CSc3nnc(-c4cccnc4)n3C)cc2)cc1. The number of hydrogen-bond donors (Lipinski definition) is 1. The summed E-state index contributed by atoms with van der Waals surface area (Å²) >= 11 is 1.33. The number of hydrogen-bond acceptors (Lipinski definition) is 6. The maximum absolute atomic E-state index is 12.4. The molecule has 1 amide bonds. The van der Waals surface area contributed by atoms with Crippen LogP contribution in [0.4, 0.5) is 5.69 Å². The number of nitrogens with zero attached hydrogens (tertiary/aromatic N) is 4. The molecule has 1 N–H and O–H groups in total. The van der Waals surface area contributed by atoms with Crippen molar-refractivity contribution in [3.05, 3.63) is 78.6 Å².